The van der Waals surface area contributed by atoms with E-state index in [1.165, 1.54) is 23.3 Å². The van der Waals surface area contributed by atoms with Crippen LogP contribution in [0.5, 0.6) is 0 Å². The minimum atomic E-state index is -5.90. The highest BCUT2D eigenvalue weighted by Gasteiger charge is 2.71. The Labute approximate surface area is 251 Å². The molecule has 2 N–H and O–H groups in total. The normalized spacial score (nSPS) is 18.2. The molecular formula is C30H28F9N3O3. The maximum Gasteiger partial charge on any atom is 0.490 e. The van der Waals surface area contributed by atoms with Crippen molar-refractivity contribution in [2.24, 2.45) is 0 Å². The number of benzene rings is 2. The Balaban J connectivity index is 0.000000591. The summed E-state index contributed by atoms with van der Waals surface area (Å²) in [5.41, 5.74) is -1.40. The number of aliphatic carboxylic acids is 1. The van der Waals surface area contributed by atoms with E-state index in [1.54, 1.807) is 12.4 Å². The highest BCUT2D eigenvalue weighted by molar-refractivity contribution is 5.73. The molecule has 5 rings (SSSR count). The van der Waals surface area contributed by atoms with Gasteiger partial charge in [0.05, 0.1) is 0 Å². The van der Waals surface area contributed by atoms with Crippen molar-refractivity contribution in [2.75, 3.05) is 26.2 Å². The predicted octanol–water partition coefficient (Wildman–Crippen LogP) is 6.50. The molecule has 1 aliphatic heterocycles. The zero-order chi connectivity index (χ0) is 33.2. The molecule has 2 heterocycles. The number of pyridine rings is 1. The van der Waals surface area contributed by atoms with E-state index in [-0.39, 0.29) is 6.04 Å². The molecule has 2 aliphatic rings. The molecule has 0 amide bonds. The van der Waals surface area contributed by atoms with Gasteiger partial charge >= 0.3 is 24.5 Å². The van der Waals surface area contributed by atoms with E-state index < -0.39 is 35.7 Å². The van der Waals surface area contributed by atoms with Crippen LogP contribution in [0.1, 0.15) is 34.7 Å². The Kier molecular flexibility index (Phi) is 9.85. The van der Waals surface area contributed by atoms with E-state index in [0.29, 0.717) is 23.3 Å². The lowest BCUT2D eigenvalue weighted by Crippen LogP contribution is -2.53. The maximum absolute atomic E-state index is 13.2. The van der Waals surface area contributed by atoms with Gasteiger partial charge in [-0.2, -0.15) is 39.5 Å². The van der Waals surface area contributed by atoms with Gasteiger partial charge in [-0.05, 0) is 52.8 Å². The van der Waals surface area contributed by atoms with Crippen LogP contribution in [0.3, 0.4) is 0 Å². The van der Waals surface area contributed by atoms with Crippen LogP contribution in [0.4, 0.5) is 39.5 Å². The summed E-state index contributed by atoms with van der Waals surface area (Å²) in [6, 6.07) is 13.9. The number of carbonyl (C=O) groups is 1. The van der Waals surface area contributed by atoms with Crippen LogP contribution in [0, 0.1) is 0 Å². The average molecular weight is 650 g/mol. The summed E-state index contributed by atoms with van der Waals surface area (Å²) in [5.74, 6) is -2.76. The third-order valence-corrected chi connectivity index (χ3v) is 7.89. The van der Waals surface area contributed by atoms with Gasteiger partial charge in [0, 0.05) is 56.7 Å². The summed E-state index contributed by atoms with van der Waals surface area (Å²) in [5, 5.41) is 16.8. The van der Waals surface area contributed by atoms with Gasteiger partial charge in [0.15, 0.2) is 0 Å². The van der Waals surface area contributed by atoms with E-state index in [0.717, 1.165) is 51.1 Å². The third-order valence-electron chi connectivity index (χ3n) is 7.89. The molecule has 244 valence electrons. The fraction of sp³-hybridized carbons (Fsp3) is 0.400. The zero-order valence-corrected chi connectivity index (χ0v) is 23.4. The number of hydrogen-bond donors (Lipinski definition) is 2. The number of piperazine rings is 1. The summed E-state index contributed by atoms with van der Waals surface area (Å²) in [4.78, 5) is 17.9. The molecule has 15 heteroatoms. The number of nitrogens with zero attached hydrogens (tertiary/aromatic N) is 3. The highest BCUT2D eigenvalue weighted by Crippen LogP contribution is 2.50. The lowest BCUT2D eigenvalue weighted by Gasteiger charge is -2.38. The molecule has 6 nitrogen and oxygen atoms in total. The van der Waals surface area contributed by atoms with Gasteiger partial charge in [-0.15, -0.1) is 0 Å². The third kappa shape index (κ3) is 7.59. The van der Waals surface area contributed by atoms with Crippen LogP contribution in [0.15, 0.2) is 67.0 Å². The number of rotatable bonds is 5. The molecule has 1 unspecified atom stereocenters. The van der Waals surface area contributed by atoms with Crippen LogP contribution >= 0.6 is 0 Å². The number of aromatic nitrogens is 1. The molecule has 1 aliphatic carbocycles. The topological polar surface area (TPSA) is 76.9 Å². The molecule has 0 spiro atoms. The van der Waals surface area contributed by atoms with Gasteiger partial charge in [0.1, 0.15) is 0 Å². The van der Waals surface area contributed by atoms with Gasteiger partial charge in [0.25, 0.3) is 5.60 Å². The van der Waals surface area contributed by atoms with Gasteiger partial charge in [-0.3, -0.25) is 14.8 Å². The van der Waals surface area contributed by atoms with E-state index in [9.17, 15) is 44.6 Å². The summed E-state index contributed by atoms with van der Waals surface area (Å²) in [6.07, 6.45) is -11.5. The van der Waals surface area contributed by atoms with Crippen LogP contribution in [-0.4, -0.2) is 75.7 Å². The number of aliphatic hydroxyl groups is 1. The molecule has 2 aromatic carbocycles. The van der Waals surface area contributed by atoms with E-state index >= 15 is 0 Å². The number of hydrogen-bond acceptors (Lipinski definition) is 5. The Morgan fingerprint density at radius 2 is 1.33 bits per heavy atom. The van der Waals surface area contributed by atoms with Crippen molar-refractivity contribution < 1.29 is 54.5 Å². The minimum Gasteiger partial charge on any atom is -0.475 e. The summed E-state index contributed by atoms with van der Waals surface area (Å²) >= 11 is 0. The van der Waals surface area contributed by atoms with Crippen LogP contribution in [-0.2, 0) is 23.4 Å². The molecule has 0 saturated carbocycles. The standard InChI is InChI=1S/C28H27F6N3O.C2HF3O2/c29-27(30,31)26(38,28(32,33)34)23-5-1-20(2-6-23)21-3-7-24-22(17-21)4-8-25(24)37-15-13-36(14-16-37)18-19-9-11-35-12-10-19;3-2(4,5)1(6)7/h1-3,5-7,9-12,17,25,38H,4,8,13-16,18H2;(H,6,7). The maximum atomic E-state index is 13.2. The number of carboxylic acid groups (broad SMARTS) is 1. The molecule has 3 aromatic rings. The van der Waals surface area contributed by atoms with Crippen LogP contribution < -0.4 is 0 Å². The molecule has 1 atom stereocenters. The average Bonchev–Trinajstić information content (AvgIpc) is 3.40. The highest BCUT2D eigenvalue weighted by atomic mass is 19.4. The molecule has 1 aromatic heterocycles. The Morgan fingerprint density at radius 3 is 1.84 bits per heavy atom. The monoisotopic (exact) mass is 649 g/mol. The lowest BCUT2D eigenvalue weighted by molar-refractivity contribution is -0.376. The molecule has 0 bridgehead atoms. The SMILES string of the molecule is O=C(O)C(F)(F)F.OC(c1ccc(-c2ccc3c(c2)CCC3N2CCN(Cc3ccncc3)CC2)cc1)(C(F)(F)F)C(F)(F)F. The number of halogens is 9. The fourth-order valence-electron chi connectivity index (χ4n) is 5.53. The Hall–Kier alpha value is -3.69. The molecule has 45 heavy (non-hydrogen) atoms. The number of aryl methyl sites for hydroxylation is 1. The first-order chi connectivity index (χ1) is 20.9. The van der Waals surface area contributed by atoms with Crippen LogP contribution in [0.2, 0.25) is 0 Å². The fourth-order valence-corrected chi connectivity index (χ4v) is 5.53. The molecule has 0 radical (unpaired) electrons. The molecular weight excluding hydrogens is 621 g/mol. The second-order valence-corrected chi connectivity index (χ2v) is 10.7. The number of alkyl halides is 9. The Morgan fingerprint density at radius 1 is 0.800 bits per heavy atom. The largest absolute Gasteiger partial charge is 0.490 e. The summed E-state index contributed by atoms with van der Waals surface area (Å²) in [7, 11) is 0. The van der Waals surface area contributed by atoms with Crippen molar-refractivity contribution in [1.29, 1.82) is 0 Å². The van der Waals surface area contributed by atoms with E-state index in [4.69, 9.17) is 9.90 Å². The summed E-state index contributed by atoms with van der Waals surface area (Å²) in [6.45, 7) is 4.70. The molecule has 1 fully saturated rings. The van der Waals surface area contributed by atoms with E-state index in [2.05, 4.69) is 14.8 Å². The quantitative estimate of drug-likeness (QED) is 0.308. The second kappa shape index (κ2) is 13.0. The van der Waals surface area contributed by atoms with Crippen molar-refractivity contribution in [3.8, 4) is 11.1 Å². The van der Waals surface area contributed by atoms with Gasteiger partial charge < -0.3 is 10.2 Å². The smallest absolute Gasteiger partial charge is 0.475 e. The second-order valence-electron chi connectivity index (χ2n) is 10.7. The zero-order valence-electron chi connectivity index (χ0n) is 23.4. The minimum absolute atomic E-state index is 0.290. The van der Waals surface area contributed by atoms with Crippen molar-refractivity contribution in [2.45, 2.75) is 49.6 Å². The van der Waals surface area contributed by atoms with Crippen molar-refractivity contribution in [3.63, 3.8) is 0 Å². The first-order valence-electron chi connectivity index (χ1n) is 13.7. The van der Waals surface area contributed by atoms with Gasteiger partial charge in [-0.1, -0.05) is 42.5 Å². The first kappa shape index (κ1) is 34.2. The van der Waals surface area contributed by atoms with Gasteiger partial charge in [0.2, 0.25) is 0 Å². The number of carboxylic acids is 1. The number of fused-ring (bicyclic) bond motifs is 1. The van der Waals surface area contributed by atoms with Crippen LogP contribution in [0.25, 0.3) is 11.1 Å². The summed E-state index contributed by atoms with van der Waals surface area (Å²) < 4.78 is 111. The van der Waals surface area contributed by atoms with Crippen molar-refractivity contribution >= 4 is 5.97 Å². The first-order valence-corrected chi connectivity index (χ1v) is 13.7. The lowest BCUT2D eigenvalue weighted by atomic mass is 9.90. The molecule has 1 saturated heterocycles. The predicted molar refractivity (Wildman–Crippen MR) is 144 cm³/mol. The van der Waals surface area contributed by atoms with Crippen molar-refractivity contribution in [3.05, 3.63) is 89.2 Å². The van der Waals surface area contributed by atoms with Gasteiger partial charge in [-0.25, -0.2) is 4.79 Å². The van der Waals surface area contributed by atoms with Crippen molar-refractivity contribution in [1.82, 2.24) is 14.8 Å². The Bertz CT molecular complexity index is 1440. The van der Waals surface area contributed by atoms with E-state index in [1.807, 2.05) is 30.3 Å².